The molecule has 0 saturated carbocycles. The lowest BCUT2D eigenvalue weighted by Gasteiger charge is -2.32. The summed E-state index contributed by atoms with van der Waals surface area (Å²) in [7, 11) is 0. The average molecular weight is 400 g/mol. The van der Waals surface area contributed by atoms with Gasteiger partial charge < -0.3 is 10.2 Å². The minimum atomic E-state index is -0.448. The van der Waals surface area contributed by atoms with Gasteiger partial charge in [0.1, 0.15) is 0 Å². The van der Waals surface area contributed by atoms with Crippen LogP contribution in [0.25, 0.3) is 0 Å². The molecule has 0 spiro atoms. The van der Waals surface area contributed by atoms with Crippen LogP contribution in [-0.2, 0) is 0 Å². The first-order valence-corrected chi connectivity index (χ1v) is 10.4. The first kappa shape index (κ1) is 20.4. The van der Waals surface area contributed by atoms with E-state index in [2.05, 4.69) is 12.2 Å². The van der Waals surface area contributed by atoms with E-state index in [9.17, 15) is 14.9 Å². The summed E-state index contributed by atoms with van der Waals surface area (Å²) in [6.07, 6.45) is 1.91. The van der Waals surface area contributed by atoms with Crippen molar-refractivity contribution in [3.05, 3.63) is 64.2 Å². The van der Waals surface area contributed by atoms with E-state index in [4.69, 9.17) is 0 Å². The van der Waals surface area contributed by atoms with E-state index in [0.29, 0.717) is 24.6 Å². The zero-order valence-electron chi connectivity index (χ0n) is 16.0. The average Bonchev–Trinajstić information content (AvgIpc) is 2.73. The number of carbonyl (C=O) groups is 1. The standard InChI is InChI=1S/C21H25N3O3S/c1-2-22-15-16-10-12-23(13-11-16)21(25)19-14-17(24(26)27)8-9-20(19)28-18-6-4-3-5-7-18/h3-9,14,16,22H,2,10-13,15H2,1H3. The SMILES string of the molecule is CCNCC1CCN(C(=O)c2cc([N+](=O)[O-])ccc2Sc2ccccc2)CC1. The minimum absolute atomic E-state index is 0.0530. The molecule has 0 aromatic heterocycles. The van der Waals surface area contributed by atoms with E-state index < -0.39 is 4.92 Å². The van der Waals surface area contributed by atoms with Crippen molar-refractivity contribution < 1.29 is 9.72 Å². The molecule has 1 saturated heterocycles. The van der Waals surface area contributed by atoms with Crippen LogP contribution >= 0.6 is 11.8 Å². The number of non-ortho nitro benzene ring substituents is 1. The molecule has 1 N–H and O–H groups in total. The highest BCUT2D eigenvalue weighted by Gasteiger charge is 2.26. The third kappa shape index (κ3) is 5.11. The predicted molar refractivity (Wildman–Crippen MR) is 111 cm³/mol. The molecule has 0 bridgehead atoms. The van der Waals surface area contributed by atoms with Gasteiger partial charge in [0.25, 0.3) is 11.6 Å². The Hall–Kier alpha value is -2.38. The number of nitro benzene ring substituents is 1. The maximum Gasteiger partial charge on any atom is 0.270 e. The second-order valence-corrected chi connectivity index (χ2v) is 8.01. The Balaban J connectivity index is 1.79. The van der Waals surface area contributed by atoms with Crippen molar-refractivity contribution in [2.75, 3.05) is 26.2 Å². The van der Waals surface area contributed by atoms with Gasteiger partial charge in [-0.15, -0.1) is 0 Å². The quantitative estimate of drug-likeness (QED) is 0.558. The van der Waals surface area contributed by atoms with Crippen molar-refractivity contribution in [2.45, 2.75) is 29.6 Å². The zero-order valence-corrected chi connectivity index (χ0v) is 16.8. The largest absolute Gasteiger partial charge is 0.339 e. The van der Waals surface area contributed by atoms with Crippen LogP contribution in [0.4, 0.5) is 5.69 Å². The summed E-state index contributed by atoms with van der Waals surface area (Å²) < 4.78 is 0. The fourth-order valence-electron chi connectivity index (χ4n) is 3.36. The molecular weight excluding hydrogens is 374 g/mol. The lowest BCUT2D eigenvalue weighted by molar-refractivity contribution is -0.384. The fourth-order valence-corrected chi connectivity index (χ4v) is 4.30. The van der Waals surface area contributed by atoms with Crippen LogP contribution in [0.5, 0.6) is 0 Å². The summed E-state index contributed by atoms with van der Waals surface area (Å²) in [5.74, 6) is 0.455. The number of carbonyl (C=O) groups excluding carboxylic acids is 1. The molecule has 7 heteroatoms. The number of rotatable bonds is 7. The number of likely N-dealkylation sites (tertiary alicyclic amines) is 1. The van der Waals surface area contributed by atoms with Crippen LogP contribution < -0.4 is 5.32 Å². The lowest BCUT2D eigenvalue weighted by atomic mass is 9.96. The van der Waals surface area contributed by atoms with E-state index >= 15 is 0 Å². The Morgan fingerprint density at radius 3 is 2.57 bits per heavy atom. The number of piperidine rings is 1. The molecule has 0 atom stereocenters. The molecule has 0 radical (unpaired) electrons. The van der Waals surface area contributed by atoms with Gasteiger partial charge >= 0.3 is 0 Å². The van der Waals surface area contributed by atoms with Crippen LogP contribution in [0.3, 0.4) is 0 Å². The lowest BCUT2D eigenvalue weighted by Crippen LogP contribution is -2.41. The van der Waals surface area contributed by atoms with Crippen LogP contribution in [0.1, 0.15) is 30.1 Å². The molecule has 0 aliphatic carbocycles. The maximum atomic E-state index is 13.2. The van der Waals surface area contributed by atoms with Crippen LogP contribution in [0.2, 0.25) is 0 Å². The minimum Gasteiger partial charge on any atom is -0.339 e. The third-order valence-corrected chi connectivity index (χ3v) is 6.04. The van der Waals surface area contributed by atoms with Crippen molar-refractivity contribution in [1.82, 2.24) is 10.2 Å². The number of benzene rings is 2. The molecular formula is C21H25N3O3S. The summed E-state index contributed by atoms with van der Waals surface area (Å²) >= 11 is 1.46. The molecule has 148 valence electrons. The topological polar surface area (TPSA) is 75.5 Å². The van der Waals surface area contributed by atoms with E-state index in [-0.39, 0.29) is 11.6 Å². The van der Waals surface area contributed by atoms with Gasteiger partial charge in [0.05, 0.1) is 10.5 Å². The van der Waals surface area contributed by atoms with Crippen molar-refractivity contribution in [3.63, 3.8) is 0 Å². The molecule has 28 heavy (non-hydrogen) atoms. The third-order valence-electron chi connectivity index (χ3n) is 4.96. The fraction of sp³-hybridized carbons (Fsp3) is 0.381. The number of nitrogens with one attached hydrogen (secondary N) is 1. The number of nitrogens with zero attached hydrogens (tertiary/aromatic N) is 2. The number of hydrogen-bond acceptors (Lipinski definition) is 5. The van der Waals surface area contributed by atoms with Crippen molar-refractivity contribution in [1.29, 1.82) is 0 Å². The highest BCUT2D eigenvalue weighted by molar-refractivity contribution is 7.99. The first-order valence-electron chi connectivity index (χ1n) is 9.59. The highest BCUT2D eigenvalue weighted by atomic mass is 32.2. The monoisotopic (exact) mass is 399 g/mol. The van der Waals surface area contributed by atoms with Gasteiger partial charge in [-0.25, -0.2) is 0 Å². The van der Waals surface area contributed by atoms with Gasteiger partial charge in [-0.1, -0.05) is 36.9 Å². The van der Waals surface area contributed by atoms with Crippen molar-refractivity contribution in [2.24, 2.45) is 5.92 Å². The van der Waals surface area contributed by atoms with Crippen LogP contribution in [0, 0.1) is 16.0 Å². The molecule has 1 aliphatic heterocycles. The summed E-state index contributed by atoms with van der Waals surface area (Å²) in [4.78, 5) is 27.5. The van der Waals surface area contributed by atoms with Crippen molar-refractivity contribution >= 4 is 23.4 Å². The normalized spacial score (nSPS) is 14.8. The van der Waals surface area contributed by atoms with Gasteiger partial charge in [0.15, 0.2) is 0 Å². The highest BCUT2D eigenvalue weighted by Crippen LogP contribution is 2.33. The zero-order chi connectivity index (χ0) is 19.9. The molecule has 1 aliphatic rings. The Morgan fingerprint density at radius 1 is 1.21 bits per heavy atom. The Bertz CT molecular complexity index is 821. The molecule has 2 aromatic carbocycles. The van der Waals surface area contributed by atoms with Gasteiger partial charge in [-0.05, 0) is 50.0 Å². The van der Waals surface area contributed by atoms with Gasteiger partial charge in [0, 0.05) is 35.0 Å². The molecule has 3 rings (SSSR count). The van der Waals surface area contributed by atoms with E-state index in [1.54, 1.807) is 6.07 Å². The molecule has 2 aromatic rings. The number of hydrogen-bond donors (Lipinski definition) is 1. The molecule has 0 unspecified atom stereocenters. The Kier molecular flexibility index (Phi) is 7.06. The van der Waals surface area contributed by atoms with Gasteiger partial charge in [0.2, 0.25) is 0 Å². The molecule has 1 heterocycles. The summed E-state index contributed by atoms with van der Waals surface area (Å²) in [6, 6.07) is 14.3. The predicted octanol–water partition coefficient (Wildman–Crippen LogP) is 4.21. The first-order chi connectivity index (χ1) is 13.6. The van der Waals surface area contributed by atoms with Crippen molar-refractivity contribution in [3.8, 4) is 0 Å². The smallest absolute Gasteiger partial charge is 0.270 e. The number of amides is 1. The second kappa shape index (κ2) is 9.71. The Morgan fingerprint density at radius 2 is 1.93 bits per heavy atom. The Labute approximate surface area is 169 Å². The summed E-state index contributed by atoms with van der Waals surface area (Å²) in [5.41, 5.74) is 0.357. The van der Waals surface area contributed by atoms with Gasteiger partial charge in [-0.3, -0.25) is 14.9 Å². The maximum absolute atomic E-state index is 13.2. The molecule has 6 nitrogen and oxygen atoms in total. The number of nitro groups is 1. The molecule has 1 amide bonds. The van der Waals surface area contributed by atoms with E-state index in [1.807, 2.05) is 35.2 Å². The van der Waals surface area contributed by atoms with Crippen LogP contribution in [-0.4, -0.2) is 41.9 Å². The van der Waals surface area contributed by atoms with Crippen LogP contribution in [0.15, 0.2) is 58.3 Å². The van der Waals surface area contributed by atoms with Gasteiger partial charge in [-0.2, -0.15) is 0 Å². The summed E-state index contributed by atoms with van der Waals surface area (Å²) in [6.45, 7) is 5.39. The van der Waals surface area contributed by atoms with E-state index in [0.717, 1.165) is 35.7 Å². The second-order valence-electron chi connectivity index (χ2n) is 6.90. The summed E-state index contributed by atoms with van der Waals surface area (Å²) in [5, 5.41) is 14.6. The molecule has 1 fully saturated rings. The van der Waals surface area contributed by atoms with E-state index in [1.165, 1.54) is 23.9 Å².